The van der Waals surface area contributed by atoms with Gasteiger partial charge in [0.1, 0.15) is 0 Å². The summed E-state index contributed by atoms with van der Waals surface area (Å²) in [6.07, 6.45) is 1.36. The minimum Gasteiger partial charge on any atom is -0.380 e. The summed E-state index contributed by atoms with van der Waals surface area (Å²) in [5.41, 5.74) is 3.74. The van der Waals surface area contributed by atoms with Crippen molar-refractivity contribution in [1.82, 2.24) is 0 Å². The average Bonchev–Trinajstić information content (AvgIpc) is 3.41. The molecule has 0 saturated carbocycles. The van der Waals surface area contributed by atoms with Gasteiger partial charge < -0.3 is 15.0 Å². The number of carbonyl (C=O) groups is 1. The van der Waals surface area contributed by atoms with Crippen molar-refractivity contribution in [3.63, 3.8) is 0 Å². The molecule has 0 radical (unpaired) electrons. The summed E-state index contributed by atoms with van der Waals surface area (Å²) >= 11 is 1.69. The molecule has 0 bridgehead atoms. The highest BCUT2D eigenvalue weighted by atomic mass is 32.1. The SMILES string of the molecule is COC1CCN(c2ccc(NC(=O)c3ccc(-c4cccs4)cc3)cc2)C1. The number of anilines is 2. The minimum absolute atomic E-state index is 0.0962. The fourth-order valence-corrected chi connectivity index (χ4v) is 4.08. The van der Waals surface area contributed by atoms with Gasteiger partial charge in [-0.3, -0.25) is 4.79 Å². The van der Waals surface area contributed by atoms with E-state index in [0.29, 0.717) is 11.7 Å². The summed E-state index contributed by atoms with van der Waals surface area (Å²) in [6.45, 7) is 1.92. The highest BCUT2D eigenvalue weighted by Crippen LogP contribution is 2.26. The van der Waals surface area contributed by atoms with Crippen molar-refractivity contribution in [2.75, 3.05) is 30.4 Å². The zero-order chi connectivity index (χ0) is 18.6. The van der Waals surface area contributed by atoms with Gasteiger partial charge in [0.15, 0.2) is 0 Å². The molecule has 0 spiro atoms. The number of hydrogen-bond donors (Lipinski definition) is 1. The first-order valence-electron chi connectivity index (χ1n) is 9.06. The Morgan fingerprint density at radius 3 is 2.52 bits per heavy atom. The Morgan fingerprint density at radius 1 is 1.11 bits per heavy atom. The fourth-order valence-electron chi connectivity index (χ4n) is 3.34. The predicted molar refractivity (Wildman–Crippen MR) is 112 cm³/mol. The summed E-state index contributed by atoms with van der Waals surface area (Å²) in [7, 11) is 1.76. The third kappa shape index (κ3) is 4.04. The number of hydrogen-bond acceptors (Lipinski definition) is 4. The van der Waals surface area contributed by atoms with Gasteiger partial charge in [-0.15, -0.1) is 11.3 Å². The first-order chi connectivity index (χ1) is 13.2. The van der Waals surface area contributed by atoms with E-state index in [4.69, 9.17) is 4.74 Å². The quantitative estimate of drug-likeness (QED) is 0.687. The van der Waals surface area contributed by atoms with Crippen LogP contribution in [0.2, 0.25) is 0 Å². The largest absolute Gasteiger partial charge is 0.380 e. The summed E-state index contributed by atoms with van der Waals surface area (Å²) in [5, 5.41) is 5.02. The van der Waals surface area contributed by atoms with E-state index in [2.05, 4.69) is 21.7 Å². The van der Waals surface area contributed by atoms with Crippen LogP contribution in [0.4, 0.5) is 11.4 Å². The van der Waals surface area contributed by atoms with E-state index < -0.39 is 0 Å². The van der Waals surface area contributed by atoms with Gasteiger partial charge >= 0.3 is 0 Å². The van der Waals surface area contributed by atoms with E-state index in [1.165, 1.54) is 4.88 Å². The van der Waals surface area contributed by atoms with Crippen molar-refractivity contribution in [2.24, 2.45) is 0 Å². The maximum Gasteiger partial charge on any atom is 0.255 e. The number of methoxy groups -OCH3 is 1. The van der Waals surface area contributed by atoms with Crippen LogP contribution >= 0.6 is 11.3 Å². The molecule has 1 unspecified atom stereocenters. The first-order valence-corrected chi connectivity index (χ1v) is 9.94. The van der Waals surface area contributed by atoms with Gasteiger partial charge in [-0.05, 0) is 59.8 Å². The standard InChI is InChI=1S/C22H22N2O2S/c1-26-20-12-13-24(15-20)19-10-8-18(9-11-19)23-22(25)17-6-4-16(5-7-17)21-3-2-14-27-21/h2-11,14,20H,12-13,15H2,1H3,(H,23,25). The molecule has 1 aliphatic heterocycles. The average molecular weight is 378 g/mol. The Kier molecular flexibility index (Phi) is 5.23. The Morgan fingerprint density at radius 2 is 1.89 bits per heavy atom. The zero-order valence-corrected chi connectivity index (χ0v) is 16.0. The lowest BCUT2D eigenvalue weighted by molar-refractivity contribution is 0.102. The van der Waals surface area contributed by atoms with Crippen LogP contribution in [0.15, 0.2) is 66.0 Å². The summed E-state index contributed by atoms with van der Waals surface area (Å²) < 4.78 is 5.42. The van der Waals surface area contributed by atoms with Crippen molar-refractivity contribution < 1.29 is 9.53 Å². The Bertz CT molecular complexity index is 889. The Labute approximate surface area is 163 Å². The second-order valence-corrected chi connectivity index (χ2v) is 7.60. The molecule has 2 heterocycles. The number of rotatable bonds is 5. The maximum atomic E-state index is 12.5. The van der Waals surface area contributed by atoms with Gasteiger partial charge in [0.05, 0.1) is 6.10 Å². The molecule has 2 aromatic carbocycles. The molecular weight excluding hydrogens is 356 g/mol. The van der Waals surface area contributed by atoms with Crippen molar-refractivity contribution >= 4 is 28.6 Å². The lowest BCUT2D eigenvalue weighted by Crippen LogP contribution is -2.22. The Balaban J connectivity index is 1.39. The van der Waals surface area contributed by atoms with Gasteiger partial charge in [-0.1, -0.05) is 18.2 Å². The smallest absolute Gasteiger partial charge is 0.255 e. The number of nitrogens with zero attached hydrogens (tertiary/aromatic N) is 1. The van der Waals surface area contributed by atoms with Crippen LogP contribution in [-0.4, -0.2) is 32.2 Å². The summed E-state index contributed by atoms with van der Waals surface area (Å²) in [5.74, 6) is -0.0962. The number of carbonyl (C=O) groups excluding carboxylic acids is 1. The van der Waals surface area contributed by atoms with E-state index in [1.807, 2.05) is 54.6 Å². The van der Waals surface area contributed by atoms with E-state index in [1.54, 1.807) is 18.4 Å². The van der Waals surface area contributed by atoms with Crippen molar-refractivity contribution in [3.8, 4) is 10.4 Å². The second-order valence-electron chi connectivity index (χ2n) is 6.65. The van der Waals surface area contributed by atoms with Gasteiger partial charge in [-0.25, -0.2) is 0 Å². The highest BCUT2D eigenvalue weighted by molar-refractivity contribution is 7.13. The molecular formula is C22H22N2O2S. The molecule has 1 saturated heterocycles. The van der Waals surface area contributed by atoms with Crippen molar-refractivity contribution in [2.45, 2.75) is 12.5 Å². The normalized spacial score (nSPS) is 16.5. The maximum absolute atomic E-state index is 12.5. The van der Waals surface area contributed by atoms with Crippen LogP contribution in [0.3, 0.4) is 0 Å². The van der Waals surface area contributed by atoms with Crippen LogP contribution in [0.25, 0.3) is 10.4 Å². The molecule has 1 amide bonds. The molecule has 1 fully saturated rings. The number of benzene rings is 2. The molecule has 1 aliphatic rings. The summed E-state index contributed by atoms with van der Waals surface area (Å²) in [4.78, 5) is 16.0. The van der Waals surface area contributed by atoms with Crippen LogP contribution in [0.1, 0.15) is 16.8 Å². The molecule has 3 aromatic rings. The van der Waals surface area contributed by atoms with Crippen LogP contribution in [0, 0.1) is 0 Å². The molecule has 1 atom stereocenters. The molecule has 1 aromatic heterocycles. The lowest BCUT2D eigenvalue weighted by Gasteiger charge is -2.18. The van der Waals surface area contributed by atoms with E-state index in [-0.39, 0.29) is 5.91 Å². The molecule has 4 nitrogen and oxygen atoms in total. The molecule has 0 aliphatic carbocycles. The zero-order valence-electron chi connectivity index (χ0n) is 15.2. The minimum atomic E-state index is -0.0962. The molecule has 27 heavy (non-hydrogen) atoms. The van der Waals surface area contributed by atoms with Crippen LogP contribution < -0.4 is 10.2 Å². The fraction of sp³-hybridized carbons (Fsp3) is 0.227. The molecule has 5 heteroatoms. The van der Waals surface area contributed by atoms with Crippen molar-refractivity contribution in [3.05, 3.63) is 71.6 Å². The topological polar surface area (TPSA) is 41.6 Å². The Hall–Kier alpha value is -2.63. The van der Waals surface area contributed by atoms with Crippen molar-refractivity contribution in [1.29, 1.82) is 0 Å². The third-order valence-corrected chi connectivity index (χ3v) is 5.84. The molecule has 1 N–H and O–H groups in total. The van der Waals surface area contributed by atoms with Crippen LogP contribution in [0.5, 0.6) is 0 Å². The van der Waals surface area contributed by atoms with Crippen LogP contribution in [-0.2, 0) is 4.74 Å². The first kappa shape index (κ1) is 17.8. The highest BCUT2D eigenvalue weighted by Gasteiger charge is 2.22. The predicted octanol–water partition coefficient (Wildman–Crippen LogP) is 4.89. The van der Waals surface area contributed by atoms with Gasteiger partial charge in [0.2, 0.25) is 0 Å². The van der Waals surface area contributed by atoms with Gasteiger partial charge in [-0.2, -0.15) is 0 Å². The number of nitrogens with one attached hydrogen (secondary N) is 1. The van der Waals surface area contributed by atoms with E-state index in [9.17, 15) is 4.79 Å². The monoisotopic (exact) mass is 378 g/mol. The lowest BCUT2D eigenvalue weighted by atomic mass is 10.1. The van der Waals surface area contributed by atoms with Gasteiger partial charge in [0, 0.05) is 42.0 Å². The van der Waals surface area contributed by atoms with E-state index >= 15 is 0 Å². The number of ether oxygens (including phenoxy) is 1. The van der Waals surface area contributed by atoms with Gasteiger partial charge in [0.25, 0.3) is 5.91 Å². The van der Waals surface area contributed by atoms with E-state index in [0.717, 1.165) is 36.4 Å². The second kappa shape index (κ2) is 7.94. The molecule has 138 valence electrons. The molecule has 4 rings (SSSR count). The number of thiophene rings is 1. The summed E-state index contributed by atoms with van der Waals surface area (Å²) in [6, 6.07) is 19.8. The number of amides is 1. The third-order valence-electron chi connectivity index (χ3n) is 4.92.